The summed E-state index contributed by atoms with van der Waals surface area (Å²) in [6.45, 7) is 0.272. The van der Waals surface area contributed by atoms with E-state index in [9.17, 15) is 14.4 Å². The highest BCUT2D eigenvalue weighted by atomic mass is 16.2. The number of aryl methyl sites for hydroxylation is 1. The summed E-state index contributed by atoms with van der Waals surface area (Å²) in [4.78, 5) is 40.6. The Morgan fingerprint density at radius 3 is 2.54 bits per heavy atom. The molecule has 1 aromatic carbocycles. The monoisotopic (exact) mass is 349 g/mol. The fourth-order valence-electron chi connectivity index (χ4n) is 2.57. The number of rotatable bonds is 3. The van der Waals surface area contributed by atoms with Gasteiger partial charge in [0.25, 0.3) is 11.5 Å². The highest BCUT2D eigenvalue weighted by Crippen LogP contribution is 2.08. The van der Waals surface area contributed by atoms with Crippen LogP contribution in [0, 0.1) is 11.3 Å². The van der Waals surface area contributed by atoms with Crippen molar-refractivity contribution >= 4 is 16.9 Å². The number of amides is 1. The van der Waals surface area contributed by atoms with Gasteiger partial charge in [0, 0.05) is 26.8 Å². The highest BCUT2D eigenvalue weighted by Gasteiger charge is 2.13. The highest BCUT2D eigenvalue weighted by molar-refractivity contribution is 5.96. The number of nitrogens with zero attached hydrogens (tertiary/aromatic N) is 4. The number of nitriles is 1. The molecule has 8 heteroatoms. The molecule has 1 amide bonds. The van der Waals surface area contributed by atoms with Gasteiger partial charge in [0.2, 0.25) is 0 Å². The van der Waals surface area contributed by atoms with Gasteiger partial charge in [-0.05, 0) is 23.8 Å². The summed E-state index contributed by atoms with van der Waals surface area (Å²) in [5.74, 6) is -0.389. The molecule has 1 N–H and O–H groups in total. The van der Waals surface area contributed by atoms with Gasteiger partial charge < -0.3 is 5.32 Å². The third kappa shape index (κ3) is 2.98. The van der Waals surface area contributed by atoms with E-state index in [1.165, 1.54) is 30.9 Å². The van der Waals surface area contributed by atoms with Crippen LogP contribution in [-0.2, 0) is 20.6 Å². The second-order valence-corrected chi connectivity index (χ2v) is 5.79. The van der Waals surface area contributed by atoms with E-state index >= 15 is 0 Å². The third-order valence-electron chi connectivity index (χ3n) is 4.09. The molecule has 3 rings (SSSR count). The molecule has 0 atom stereocenters. The molecule has 0 aliphatic carbocycles. The Kier molecular flexibility index (Phi) is 4.37. The molecule has 0 aliphatic rings. The van der Waals surface area contributed by atoms with Gasteiger partial charge in [-0.2, -0.15) is 5.26 Å². The van der Waals surface area contributed by atoms with E-state index in [0.717, 1.165) is 10.1 Å². The van der Waals surface area contributed by atoms with Crippen LogP contribution in [0.3, 0.4) is 0 Å². The smallest absolute Gasteiger partial charge is 0.332 e. The van der Waals surface area contributed by atoms with Crippen LogP contribution in [0.25, 0.3) is 11.0 Å². The molecule has 0 bridgehead atoms. The Morgan fingerprint density at radius 1 is 1.19 bits per heavy atom. The summed E-state index contributed by atoms with van der Waals surface area (Å²) >= 11 is 0. The Hall–Kier alpha value is -3.73. The zero-order chi connectivity index (χ0) is 18.8. The summed E-state index contributed by atoms with van der Waals surface area (Å²) in [6.07, 6.45) is 1.33. The maximum atomic E-state index is 12.4. The second-order valence-electron chi connectivity index (χ2n) is 5.79. The maximum Gasteiger partial charge on any atom is 0.332 e. The van der Waals surface area contributed by atoms with Gasteiger partial charge in [-0.15, -0.1) is 0 Å². The minimum Gasteiger partial charge on any atom is -0.348 e. The van der Waals surface area contributed by atoms with Crippen LogP contribution in [0.15, 0.2) is 46.1 Å². The Labute approximate surface area is 148 Å². The van der Waals surface area contributed by atoms with Crippen LogP contribution in [0.1, 0.15) is 21.5 Å². The summed E-state index contributed by atoms with van der Waals surface area (Å²) in [5, 5.41) is 11.7. The molecular weight excluding hydrogens is 334 g/mol. The van der Waals surface area contributed by atoms with E-state index in [1.807, 2.05) is 6.07 Å². The molecule has 0 spiro atoms. The molecular formula is C18H15N5O3. The van der Waals surface area contributed by atoms with Gasteiger partial charge in [0.1, 0.15) is 5.65 Å². The molecule has 0 aliphatic heterocycles. The summed E-state index contributed by atoms with van der Waals surface area (Å²) in [7, 11) is 2.89. The lowest BCUT2D eigenvalue weighted by Gasteiger charge is -2.09. The quantitative estimate of drug-likeness (QED) is 0.737. The number of fused-ring (bicyclic) bond motifs is 1. The normalized spacial score (nSPS) is 10.5. The van der Waals surface area contributed by atoms with E-state index in [0.29, 0.717) is 5.56 Å². The number of hydrogen-bond donors (Lipinski definition) is 1. The van der Waals surface area contributed by atoms with Gasteiger partial charge in [0.15, 0.2) is 0 Å². The van der Waals surface area contributed by atoms with Crippen LogP contribution < -0.4 is 16.6 Å². The van der Waals surface area contributed by atoms with Crippen molar-refractivity contribution in [1.29, 1.82) is 5.26 Å². The Morgan fingerprint density at radius 2 is 1.88 bits per heavy atom. The number of carbonyl (C=O) groups is 1. The summed E-state index contributed by atoms with van der Waals surface area (Å²) < 4.78 is 2.23. The van der Waals surface area contributed by atoms with Gasteiger partial charge in [-0.25, -0.2) is 9.78 Å². The zero-order valence-corrected chi connectivity index (χ0v) is 14.2. The predicted octanol–water partition coefficient (Wildman–Crippen LogP) is 0.434. The van der Waals surface area contributed by atoms with Gasteiger partial charge >= 0.3 is 5.69 Å². The SMILES string of the molecule is Cn1c(=O)c2cc(C(=O)NCc3ccc(C#N)cc3)cnc2n(C)c1=O. The lowest BCUT2D eigenvalue weighted by Crippen LogP contribution is -2.37. The van der Waals surface area contributed by atoms with Crippen molar-refractivity contribution in [2.24, 2.45) is 14.1 Å². The van der Waals surface area contributed by atoms with Gasteiger partial charge in [-0.1, -0.05) is 12.1 Å². The minimum atomic E-state index is -0.502. The lowest BCUT2D eigenvalue weighted by molar-refractivity contribution is 0.0950. The average Bonchev–Trinajstić information content (AvgIpc) is 2.68. The maximum absolute atomic E-state index is 12.4. The lowest BCUT2D eigenvalue weighted by atomic mass is 10.1. The third-order valence-corrected chi connectivity index (χ3v) is 4.09. The van der Waals surface area contributed by atoms with Crippen molar-refractivity contribution < 1.29 is 4.79 Å². The number of pyridine rings is 1. The van der Waals surface area contributed by atoms with Crippen molar-refractivity contribution in [2.45, 2.75) is 6.54 Å². The molecule has 0 saturated heterocycles. The van der Waals surface area contributed by atoms with Crippen molar-refractivity contribution in [3.8, 4) is 6.07 Å². The number of benzene rings is 1. The second kappa shape index (κ2) is 6.64. The van der Waals surface area contributed by atoms with Crippen LogP contribution in [0.4, 0.5) is 0 Å². The Balaban J connectivity index is 1.88. The average molecular weight is 349 g/mol. The van der Waals surface area contributed by atoms with Crippen LogP contribution in [-0.4, -0.2) is 20.0 Å². The predicted molar refractivity (Wildman–Crippen MR) is 94.6 cm³/mol. The number of nitrogens with one attached hydrogen (secondary N) is 1. The molecule has 0 saturated carbocycles. The van der Waals surface area contributed by atoms with E-state index in [1.54, 1.807) is 24.3 Å². The number of carbonyl (C=O) groups excluding carboxylic acids is 1. The van der Waals surface area contributed by atoms with Crippen molar-refractivity contribution in [1.82, 2.24) is 19.4 Å². The van der Waals surface area contributed by atoms with Crippen molar-refractivity contribution in [3.05, 3.63) is 74.1 Å². The van der Waals surface area contributed by atoms with Gasteiger partial charge in [0.05, 0.1) is 22.6 Å². The molecule has 8 nitrogen and oxygen atoms in total. The first kappa shape index (κ1) is 17.1. The summed E-state index contributed by atoms with van der Waals surface area (Å²) in [6, 6.07) is 10.3. The van der Waals surface area contributed by atoms with Crippen LogP contribution >= 0.6 is 0 Å². The van der Waals surface area contributed by atoms with Crippen molar-refractivity contribution in [2.75, 3.05) is 0 Å². The largest absolute Gasteiger partial charge is 0.348 e. The topological polar surface area (TPSA) is 110 Å². The molecule has 2 aromatic heterocycles. The zero-order valence-electron chi connectivity index (χ0n) is 14.2. The van der Waals surface area contributed by atoms with Crippen molar-refractivity contribution in [3.63, 3.8) is 0 Å². The molecule has 0 radical (unpaired) electrons. The molecule has 2 heterocycles. The molecule has 130 valence electrons. The Bertz CT molecular complexity index is 1170. The fraction of sp³-hybridized carbons (Fsp3) is 0.167. The van der Waals surface area contributed by atoms with E-state index in [-0.39, 0.29) is 29.0 Å². The molecule has 26 heavy (non-hydrogen) atoms. The minimum absolute atomic E-state index is 0.195. The van der Waals surface area contributed by atoms with E-state index in [2.05, 4.69) is 10.3 Å². The van der Waals surface area contributed by atoms with Crippen LogP contribution in [0.2, 0.25) is 0 Å². The first-order chi connectivity index (χ1) is 12.4. The standard InChI is InChI=1S/C18H15N5O3/c1-22-15-14(17(25)23(2)18(22)26)7-13(10-20-15)16(24)21-9-12-5-3-11(8-19)4-6-12/h3-7,10H,9H2,1-2H3,(H,21,24). The molecule has 3 aromatic rings. The molecule has 0 fully saturated rings. The van der Waals surface area contributed by atoms with Gasteiger partial charge in [-0.3, -0.25) is 18.7 Å². The van der Waals surface area contributed by atoms with E-state index in [4.69, 9.17) is 5.26 Å². The van der Waals surface area contributed by atoms with E-state index < -0.39 is 11.2 Å². The molecule has 0 unspecified atom stereocenters. The fourth-order valence-corrected chi connectivity index (χ4v) is 2.57. The first-order valence-corrected chi connectivity index (χ1v) is 7.75. The number of hydrogen-bond acceptors (Lipinski definition) is 5. The summed E-state index contributed by atoms with van der Waals surface area (Å²) in [5.41, 5.74) is 0.846. The first-order valence-electron chi connectivity index (χ1n) is 7.75. The number of aromatic nitrogens is 3. The van der Waals surface area contributed by atoms with Crippen LogP contribution in [0.5, 0.6) is 0 Å².